The zero-order chi connectivity index (χ0) is 14.7. The van der Waals surface area contributed by atoms with Gasteiger partial charge < -0.3 is 5.32 Å². The lowest BCUT2D eigenvalue weighted by atomic mass is 10.1. The van der Waals surface area contributed by atoms with Crippen molar-refractivity contribution in [3.05, 3.63) is 46.7 Å². The Morgan fingerprint density at radius 2 is 2.10 bits per heavy atom. The molecule has 1 heterocycles. The first-order valence-corrected chi connectivity index (χ1v) is 8.23. The van der Waals surface area contributed by atoms with Crippen LogP contribution >= 0.6 is 11.6 Å². The van der Waals surface area contributed by atoms with Crippen LogP contribution in [0.15, 0.2) is 30.5 Å². The summed E-state index contributed by atoms with van der Waals surface area (Å²) in [6.07, 6.45) is 8.02. The van der Waals surface area contributed by atoms with E-state index < -0.39 is 0 Å². The maximum absolute atomic E-state index is 5.98. The number of aromatic nitrogens is 2. The zero-order valence-corrected chi connectivity index (χ0v) is 13.2. The van der Waals surface area contributed by atoms with Gasteiger partial charge in [0.2, 0.25) is 0 Å². The van der Waals surface area contributed by atoms with Gasteiger partial charge in [0.05, 0.1) is 11.9 Å². The largest absolute Gasteiger partial charge is 0.310 e. The van der Waals surface area contributed by atoms with Crippen molar-refractivity contribution in [3.8, 4) is 5.69 Å². The normalized spacial score (nSPS) is 18.3. The van der Waals surface area contributed by atoms with Crippen molar-refractivity contribution in [3.63, 3.8) is 0 Å². The number of hydrogen-bond acceptors (Lipinski definition) is 2. The van der Waals surface area contributed by atoms with Gasteiger partial charge in [-0.05, 0) is 56.5 Å². The van der Waals surface area contributed by atoms with Crippen LogP contribution in [0.25, 0.3) is 5.69 Å². The van der Waals surface area contributed by atoms with Crippen molar-refractivity contribution >= 4 is 11.6 Å². The number of halogens is 1. The Labute approximate surface area is 131 Å². The van der Waals surface area contributed by atoms with Gasteiger partial charge in [0.25, 0.3) is 0 Å². The molecular formula is C17H22ClN3. The fourth-order valence-electron chi connectivity index (χ4n) is 3.06. The van der Waals surface area contributed by atoms with Gasteiger partial charge in [0.15, 0.2) is 0 Å². The molecule has 4 heteroatoms. The molecule has 1 N–H and O–H groups in total. The molecule has 1 aromatic carbocycles. The van der Waals surface area contributed by atoms with E-state index in [0.717, 1.165) is 30.1 Å². The third kappa shape index (κ3) is 3.14. The summed E-state index contributed by atoms with van der Waals surface area (Å²) in [7, 11) is 0. The highest BCUT2D eigenvalue weighted by atomic mass is 35.5. The van der Waals surface area contributed by atoms with Crippen LogP contribution in [0.1, 0.15) is 49.9 Å². The highest BCUT2D eigenvalue weighted by molar-refractivity contribution is 6.30. The van der Waals surface area contributed by atoms with E-state index in [2.05, 4.69) is 22.0 Å². The van der Waals surface area contributed by atoms with E-state index in [4.69, 9.17) is 11.6 Å². The van der Waals surface area contributed by atoms with Gasteiger partial charge in [0, 0.05) is 22.3 Å². The smallest absolute Gasteiger partial charge is 0.0649 e. The summed E-state index contributed by atoms with van der Waals surface area (Å²) in [6, 6.07) is 8.37. The second-order valence-corrected chi connectivity index (χ2v) is 6.12. The first kappa shape index (κ1) is 14.6. The molecule has 1 aliphatic carbocycles. The van der Waals surface area contributed by atoms with Crippen LogP contribution < -0.4 is 5.32 Å². The van der Waals surface area contributed by atoms with Crippen molar-refractivity contribution in [1.82, 2.24) is 15.1 Å². The maximum Gasteiger partial charge on any atom is 0.0649 e. The van der Waals surface area contributed by atoms with Crippen LogP contribution in [0.4, 0.5) is 0 Å². The third-order valence-electron chi connectivity index (χ3n) is 4.14. The molecule has 3 nitrogen and oxygen atoms in total. The molecule has 0 radical (unpaired) electrons. The van der Waals surface area contributed by atoms with Gasteiger partial charge in [-0.3, -0.25) is 0 Å². The number of benzene rings is 1. The number of rotatable bonds is 4. The first-order chi connectivity index (χ1) is 10.3. The summed E-state index contributed by atoms with van der Waals surface area (Å²) < 4.78 is 2.08. The number of nitrogens with one attached hydrogen (secondary N) is 1. The van der Waals surface area contributed by atoms with E-state index in [1.165, 1.54) is 30.5 Å². The van der Waals surface area contributed by atoms with Crippen LogP contribution in [-0.2, 0) is 6.42 Å². The molecule has 0 aliphatic heterocycles. The maximum atomic E-state index is 5.98. The summed E-state index contributed by atoms with van der Waals surface area (Å²) in [5, 5.41) is 9.06. The third-order valence-corrected chi connectivity index (χ3v) is 4.40. The second kappa shape index (κ2) is 6.63. The van der Waals surface area contributed by atoms with Gasteiger partial charge in [-0.25, -0.2) is 4.68 Å². The van der Waals surface area contributed by atoms with Gasteiger partial charge in [-0.15, -0.1) is 0 Å². The lowest BCUT2D eigenvalue weighted by Gasteiger charge is -2.16. The lowest BCUT2D eigenvalue weighted by Crippen LogP contribution is -2.22. The van der Waals surface area contributed by atoms with Crippen LogP contribution in [0.5, 0.6) is 0 Å². The minimum atomic E-state index is 0.448. The van der Waals surface area contributed by atoms with E-state index in [-0.39, 0.29) is 0 Å². The quantitative estimate of drug-likeness (QED) is 0.854. The predicted octanol–water partition coefficient (Wildman–Crippen LogP) is 4.29. The van der Waals surface area contributed by atoms with Crippen molar-refractivity contribution < 1.29 is 0 Å². The Kier molecular flexibility index (Phi) is 4.61. The Bertz CT molecular complexity index is 589. The van der Waals surface area contributed by atoms with E-state index in [9.17, 15) is 0 Å². The van der Waals surface area contributed by atoms with Crippen LogP contribution in [0.2, 0.25) is 5.02 Å². The molecule has 21 heavy (non-hydrogen) atoms. The Morgan fingerprint density at radius 3 is 2.86 bits per heavy atom. The molecule has 2 aromatic rings. The monoisotopic (exact) mass is 303 g/mol. The minimum absolute atomic E-state index is 0.448. The lowest BCUT2D eigenvalue weighted by molar-refractivity contribution is 0.489. The minimum Gasteiger partial charge on any atom is -0.310 e. The zero-order valence-electron chi connectivity index (χ0n) is 12.5. The molecule has 112 valence electrons. The highest BCUT2D eigenvalue weighted by Crippen LogP contribution is 2.30. The summed E-state index contributed by atoms with van der Waals surface area (Å²) in [5.41, 5.74) is 3.82. The van der Waals surface area contributed by atoms with E-state index in [0.29, 0.717) is 6.04 Å². The summed E-state index contributed by atoms with van der Waals surface area (Å²) in [4.78, 5) is 0. The summed E-state index contributed by atoms with van der Waals surface area (Å²) >= 11 is 5.98. The summed E-state index contributed by atoms with van der Waals surface area (Å²) in [6.45, 7) is 3.28. The molecule has 1 aliphatic rings. The van der Waals surface area contributed by atoms with Gasteiger partial charge >= 0.3 is 0 Å². The van der Waals surface area contributed by atoms with Crippen molar-refractivity contribution in [2.75, 3.05) is 6.54 Å². The molecule has 1 aromatic heterocycles. The molecule has 1 atom stereocenters. The Morgan fingerprint density at radius 1 is 1.29 bits per heavy atom. The van der Waals surface area contributed by atoms with E-state index in [1.54, 1.807) is 0 Å². The van der Waals surface area contributed by atoms with Crippen molar-refractivity contribution in [1.29, 1.82) is 0 Å². The van der Waals surface area contributed by atoms with Gasteiger partial charge in [-0.2, -0.15) is 5.10 Å². The van der Waals surface area contributed by atoms with Gasteiger partial charge in [0.1, 0.15) is 0 Å². The molecule has 0 spiro atoms. The molecule has 0 saturated carbocycles. The average molecular weight is 304 g/mol. The van der Waals surface area contributed by atoms with E-state index in [1.807, 2.05) is 30.5 Å². The van der Waals surface area contributed by atoms with Crippen LogP contribution in [0, 0.1) is 0 Å². The summed E-state index contributed by atoms with van der Waals surface area (Å²) in [5.74, 6) is 0. The molecular weight excluding hydrogens is 282 g/mol. The van der Waals surface area contributed by atoms with Gasteiger partial charge in [-0.1, -0.05) is 24.9 Å². The van der Waals surface area contributed by atoms with Crippen molar-refractivity contribution in [2.45, 2.75) is 45.1 Å². The molecule has 0 amide bonds. The average Bonchev–Trinajstić information content (AvgIpc) is 2.81. The van der Waals surface area contributed by atoms with E-state index >= 15 is 0 Å². The predicted molar refractivity (Wildman–Crippen MR) is 87.2 cm³/mol. The fraction of sp³-hybridized carbons (Fsp3) is 0.471. The first-order valence-electron chi connectivity index (χ1n) is 7.85. The van der Waals surface area contributed by atoms with Crippen molar-refractivity contribution in [2.24, 2.45) is 0 Å². The highest BCUT2D eigenvalue weighted by Gasteiger charge is 2.22. The molecule has 0 bridgehead atoms. The van der Waals surface area contributed by atoms with Crippen LogP contribution in [0.3, 0.4) is 0 Å². The Balaban J connectivity index is 1.94. The topological polar surface area (TPSA) is 29.9 Å². The SMILES string of the molecule is CCCNC1CCCCc2c1cnn2-c1ccc(Cl)cc1. The molecule has 1 unspecified atom stereocenters. The molecule has 0 saturated heterocycles. The fourth-order valence-corrected chi connectivity index (χ4v) is 3.19. The van der Waals surface area contributed by atoms with Crippen LogP contribution in [-0.4, -0.2) is 16.3 Å². The Hall–Kier alpha value is -1.32. The standard InChI is InChI=1S/C17H22ClN3/c1-2-11-19-16-5-3-4-6-17-15(16)12-20-21(17)14-9-7-13(18)8-10-14/h7-10,12,16,19H,2-6,11H2,1H3. The molecule has 3 rings (SSSR count). The number of nitrogens with zero attached hydrogens (tertiary/aromatic N) is 2. The molecule has 0 fully saturated rings. The second-order valence-electron chi connectivity index (χ2n) is 5.69. The number of fused-ring (bicyclic) bond motifs is 1. The number of hydrogen-bond donors (Lipinski definition) is 1.